The molecule has 0 aliphatic rings. The Labute approximate surface area is 126 Å². The molecule has 3 rings (SSSR count). The van der Waals surface area contributed by atoms with Gasteiger partial charge in [-0.25, -0.2) is 0 Å². The van der Waals surface area contributed by atoms with Gasteiger partial charge in [0.15, 0.2) is 0 Å². The molecule has 1 nitrogen and oxygen atoms in total. The molecule has 1 heteroatoms. The fourth-order valence-electron chi connectivity index (χ4n) is 2.68. The number of hydrogen-bond donors (Lipinski definition) is 1. The summed E-state index contributed by atoms with van der Waals surface area (Å²) in [6.07, 6.45) is 1.14. The molecular formula is C20H21N. The topological polar surface area (TPSA) is 12.0 Å². The summed E-state index contributed by atoms with van der Waals surface area (Å²) in [6, 6.07) is 25.8. The largest absolute Gasteiger partial charge is 0.385 e. The zero-order chi connectivity index (χ0) is 14.5. The molecule has 1 atom stereocenters. The fourth-order valence-corrected chi connectivity index (χ4v) is 2.68. The van der Waals surface area contributed by atoms with Gasteiger partial charge in [0.25, 0.3) is 0 Å². The van der Waals surface area contributed by atoms with Crippen molar-refractivity contribution in [1.29, 1.82) is 0 Å². The highest BCUT2D eigenvalue weighted by Gasteiger charge is 2.04. The van der Waals surface area contributed by atoms with Gasteiger partial charge in [-0.05, 0) is 40.8 Å². The van der Waals surface area contributed by atoms with Gasteiger partial charge >= 0.3 is 0 Å². The molecule has 0 spiro atoms. The van der Waals surface area contributed by atoms with Gasteiger partial charge in [0.1, 0.15) is 0 Å². The molecule has 0 heterocycles. The second-order valence-electron chi connectivity index (χ2n) is 5.59. The van der Waals surface area contributed by atoms with E-state index < -0.39 is 0 Å². The predicted molar refractivity (Wildman–Crippen MR) is 91.9 cm³/mol. The van der Waals surface area contributed by atoms with Gasteiger partial charge in [-0.3, -0.25) is 0 Å². The van der Waals surface area contributed by atoms with E-state index >= 15 is 0 Å². The SMILES string of the molecule is CC(CCNc1ccc2ccccc2c1)c1ccccc1. The molecule has 0 saturated carbocycles. The minimum atomic E-state index is 0.583. The summed E-state index contributed by atoms with van der Waals surface area (Å²) in [7, 11) is 0. The average molecular weight is 275 g/mol. The van der Waals surface area contributed by atoms with Crippen molar-refractivity contribution in [2.24, 2.45) is 0 Å². The molecule has 0 aliphatic carbocycles. The summed E-state index contributed by atoms with van der Waals surface area (Å²) in [5.41, 5.74) is 2.62. The molecule has 0 aromatic heterocycles. The van der Waals surface area contributed by atoms with E-state index in [1.165, 1.54) is 22.0 Å². The minimum Gasteiger partial charge on any atom is -0.385 e. The Hall–Kier alpha value is -2.28. The zero-order valence-electron chi connectivity index (χ0n) is 12.4. The summed E-state index contributed by atoms with van der Waals surface area (Å²) in [5.74, 6) is 0.583. The van der Waals surface area contributed by atoms with Crippen LogP contribution in [0.2, 0.25) is 0 Å². The molecule has 0 bridgehead atoms. The lowest BCUT2D eigenvalue weighted by Crippen LogP contribution is -2.05. The Morgan fingerprint density at radius 1 is 0.810 bits per heavy atom. The van der Waals surface area contributed by atoms with E-state index in [9.17, 15) is 0 Å². The first-order valence-electron chi connectivity index (χ1n) is 7.60. The molecule has 0 fully saturated rings. The van der Waals surface area contributed by atoms with Crippen LogP contribution >= 0.6 is 0 Å². The third kappa shape index (κ3) is 3.43. The summed E-state index contributed by atoms with van der Waals surface area (Å²) in [4.78, 5) is 0. The Morgan fingerprint density at radius 3 is 2.33 bits per heavy atom. The number of anilines is 1. The third-order valence-corrected chi connectivity index (χ3v) is 4.02. The van der Waals surface area contributed by atoms with Gasteiger partial charge in [0, 0.05) is 12.2 Å². The molecule has 0 saturated heterocycles. The predicted octanol–water partition coefficient (Wildman–Crippen LogP) is 5.45. The standard InChI is InChI=1S/C20H21N/c1-16(17-7-3-2-4-8-17)13-14-21-20-12-11-18-9-5-6-10-19(18)15-20/h2-12,15-16,21H,13-14H2,1H3. The normalized spacial score (nSPS) is 12.2. The molecular weight excluding hydrogens is 254 g/mol. The maximum atomic E-state index is 3.54. The maximum absolute atomic E-state index is 3.54. The van der Waals surface area contributed by atoms with Crippen LogP contribution < -0.4 is 5.32 Å². The van der Waals surface area contributed by atoms with Gasteiger partial charge in [-0.15, -0.1) is 0 Å². The van der Waals surface area contributed by atoms with Gasteiger partial charge in [-0.2, -0.15) is 0 Å². The summed E-state index contributed by atoms with van der Waals surface area (Å²) in [5, 5.41) is 6.12. The Kier molecular flexibility index (Phi) is 4.20. The van der Waals surface area contributed by atoms with Gasteiger partial charge < -0.3 is 5.32 Å². The van der Waals surface area contributed by atoms with Crippen LogP contribution in [0.1, 0.15) is 24.8 Å². The van der Waals surface area contributed by atoms with E-state index in [0.717, 1.165) is 13.0 Å². The molecule has 106 valence electrons. The second kappa shape index (κ2) is 6.45. The number of benzene rings is 3. The van der Waals surface area contributed by atoms with Crippen LogP contribution in [-0.2, 0) is 0 Å². The van der Waals surface area contributed by atoms with Crippen molar-refractivity contribution in [2.45, 2.75) is 19.3 Å². The molecule has 3 aromatic rings. The zero-order valence-corrected chi connectivity index (χ0v) is 12.4. The van der Waals surface area contributed by atoms with E-state index in [1.54, 1.807) is 0 Å². The van der Waals surface area contributed by atoms with Crippen molar-refractivity contribution in [1.82, 2.24) is 0 Å². The highest BCUT2D eigenvalue weighted by Crippen LogP contribution is 2.21. The third-order valence-electron chi connectivity index (χ3n) is 4.02. The average Bonchev–Trinajstić information content (AvgIpc) is 2.55. The quantitative estimate of drug-likeness (QED) is 0.653. The van der Waals surface area contributed by atoms with Crippen molar-refractivity contribution < 1.29 is 0 Å². The smallest absolute Gasteiger partial charge is 0.0346 e. The monoisotopic (exact) mass is 275 g/mol. The first-order chi connectivity index (χ1) is 10.3. The van der Waals surface area contributed by atoms with E-state index in [1.807, 2.05) is 0 Å². The van der Waals surface area contributed by atoms with E-state index in [4.69, 9.17) is 0 Å². The molecule has 0 radical (unpaired) electrons. The highest BCUT2D eigenvalue weighted by molar-refractivity contribution is 5.85. The lowest BCUT2D eigenvalue weighted by molar-refractivity contribution is 0.706. The number of nitrogens with one attached hydrogen (secondary N) is 1. The van der Waals surface area contributed by atoms with Crippen LogP contribution in [0.5, 0.6) is 0 Å². The number of rotatable bonds is 5. The van der Waals surface area contributed by atoms with Crippen LogP contribution in [-0.4, -0.2) is 6.54 Å². The van der Waals surface area contributed by atoms with E-state index in [0.29, 0.717) is 5.92 Å². The molecule has 3 aromatic carbocycles. The summed E-state index contributed by atoms with van der Waals surface area (Å²) in [6.45, 7) is 3.28. The Bertz CT molecular complexity index is 703. The van der Waals surface area contributed by atoms with Crippen molar-refractivity contribution >= 4 is 16.5 Å². The van der Waals surface area contributed by atoms with Crippen LogP contribution in [0.25, 0.3) is 10.8 Å². The highest BCUT2D eigenvalue weighted by atomic mass is 14.9. The first-order valence-corrected chi connectivity index (χ1v) is 7.60. The molecule has 1 unspecified atom stereocenters. The van der Waals surface area contributed by atoms with Crippen LogP contribution in [0.4, 0.5) is 5.69 Å². The lowest BCUT2D eigenvalue weighted by Gasteiger charge is -2.13. The van der Waals surface area contributed by atoms with Gasteiger partial charge in [0.2, 0.25) is 0 Å². The van der Waals surface area contributed by atoms with Crippen LogP contribution in [0.15, 0.2) is 72.8 Å². The summed E-state index contributed by atoms with van der Waals surface area (Å²) < 4.78 is 0. The van der Waals surface area contributed by atoms with E-state index in [2.05, 4.69) is 85.0 Å². The van der Waals surface area contributed by atoms with Crippen molar-refractivity contribution in [3.05, 3.63) is 78.4 Å². The van der Waals surface area contributed by atoms with Crippen LogP contribution in [0.3, 0.4) is 0 Å². The van der Waals surface area contributed by atoms with E-state index in [-0.39, 0.29) is 0 Å². The minimum absolute atomic E-state index is 0.583. The van der Waals surface area contributed by atoms with Crippen LogP contribution in [0, 0.1) is 0 Å². The molecule has 0 amide bonds. The lowest BCUT2D eigenvalue weighted by atomic mass is 9.98. The Balaban J connectivity index is 1.59. The first kappa shape index (κ1) is 13.7. The van der Waals surface area contributed by atoms with Crippen molar-refractivity contribution in [3.63, 3.8) is 0 Å². The molecule has 1 N–H and O–H groups in total. The molecule has 0 aliphatic heterocycles. The number of fused-ring (bicyclic) bond motifs is 1. The Morgan fingerprint density at radius 2 is 1.52 bits per heavy atom. The molecule has 21 heavy (non-hydrogen) atoms. The maximum Gasteiger partial charge on any atom is 0.0346 e. The van der Waals surface area contributed by atoms with Gasteiger partial charge in [0.05, 0.1) is 0 Å². The fraction of sp³-hybridized carbons (Fsp3) is 0.200. The summed E-state index contributed by atoms with van der Waals surface area (Å²) >= 11 is 0. The number of hydrogen-bond acceptors (Lipinski definition) is 1. The second-order valence-corrected chi connectivity index (χ2v) is 5.59. The van der Waals surface area contributed by atoms with Crippen molar-refractivity contribution in [2.75, 3.05) is 11.9 Å². The van der Waals surface area contributed by atoms with Gasteiger partial charge in [-0.1, -0.05) is 67.6 Å². The van der Waals surface area contributed by atoms with Crippen molar-refractivity contribution in [3.8, 4) is 0 Å².